The molecule has 3 rings (SSSR count). The van der Waals surface area contributed by atoms with E-state index in [9.17, 15) is 26.0 Å². The fourth-order valence-corrected chi connectivity index (χ4v) is 3.11. The molecule has 0 radical (unpaired) electrons. The van der Waals surface area contributed by atoms with Crippen LogP contribution in [0, 0.1) is 5.82 Å². The van der Waals surface area contributed by atoms with Crippen molar-refractivity contribution >= 4 is 21.6 Å². The van der Waals surface area contributed by atoms with Crippen LogP contribution in [0.25, 0.3) is 16.8 Å². The zero-order valence-corrected chi connectivity index (χ0v) is 13.5. The number of nitrogens with zero attached hydrogens (tertiary/aromatic N) is 4. The van der Waals surface area contributed by atoms with Crippen molar-refractivity contribution in [3.05, 3.63) is 36.5 Å². The first-order valence-electron chi connectivity index (χ1n) is 6.88. The summed E-state index contributed by atoms with van der Waals surface area (Å²) in [5, 5.41) is 3.76. The Hall–Kier alpha value is -2.80. The van der Waals surface area contributed by atoms with Gasteiger partial charge in [0.2, 0.25) is 16.0 Å². The molecule has 0 atom stereocenters. The first-order valence-corrected chi connectivity index (χ1v) is 8.37. The molecule has 0 aliphatic rings. The molecule has 0 aliphatic heterocycles. The van der Waals surface area contributed by atoms with E-state index in [0.717, 1.165) is 22.8 Å². The van der Waals surface area contributed by atoms with Gasteiger partial charge >= 0.3 is 6.18 Å². The van der Waals surface area contributed by atoms with E-state index in [2.05, 4.69) is 15.1 Å². The minimum Gasteiger partial charge on any atom is -0.366 e. The third kappa shape index (κ3) is 3.72. The summed E-state index contributed by atoms with van der Waals surface area (Å²) in [5.74, 6) is -0.929. The summed E-state index contributed by atoms with van der Waals surface area (Å²) < 4.78 is 77.2. The van der Waals surface area contributed by atoms with Gasteiger partial charge in [-0.05, 0) is 12.1 Å². The maximum atomic E-state index is 14.1. The summed E-state index contributed by atoms with van der Waals surface area (Å²) in [5.41, 5.74) is 5.60. The van der Waals surface area contributed by atoms with Gasteiger partial charge in [0.1, 0.15) is 11.4 Å². The smallest absolute Gasteiger partial charge is 0.366 e. The second-order valence-corrected chi connectivity index (χ2v) is 6.93. The van der Waals surface area contributed by atoms with Gasteiger partial charge in [-0.15, -0.1) is 5.10 Å². The molecule has 0 saturated heterocycles. The number of hydrogen-bond donors (Lipinski definition) is 2. The number of nitrogens with two attached hydrogens (primary N) is 1. The number of rotatable bonds is 4. The highest BCUT2D eigenvalue weighted by atomic mass is 32.2. The lowest BCUT2D eigenvalue weighted by atomic mass is 10.1. The Bertz CT molecular complexity index is 1080. The summed E-state index contributed by atoms with van der Waals surface area (Å²) >= 11 is 0. The maximum absolute atomic E-state index is 14.1. The number of aromatic nitrogens is 4. The van der Waals surface area contributed by atoms with Crippen molar-refractivity contribution in [3.63, 3.8) is 0 Å². The lowest BCUT2D eigenvalue weighted by Gasteiger charge is -2.10. The Morgan fingerprint density at radius 2 is 1.92 bits per heavy atom. The van der Waals surface area contributed by atoms with E-state index in [4.69, 9.17) is 5.73 Å². The number of hydrogen-bond acceptors (Lipinski definition) is 6. The Labute approximate surface area is 143 Å². The van der Waals surface area contributed by atoms with Crippen molar-refractivity contribution in [2.45, 2.75) is 11.1 Å². The number of fused-ring (bicyclic) bond motifs is 1. The molecule has 0 aromatic carbocycles. The standard InChI is InChI=1S/C13H10F4N6O2S/c14-10-2-8(5-23-11(10)21-12(18)22-23)7-1-9(4-19-3-7)26(24,25)20-6-13(15,16)17/h1-5,20H,6H2,(H2,18,22). The van der Waals surface area contributed by atoms with E-state index < -0.39 is 33.5 Å². The minimum atomic E-state index is -4.71. The highest BCUT2D eigenvalue weighted by molar-refractivity contribution is 7.89. The van der Waals surface area contributed by atoms with Gasteiger partial charge in [-0.25, -0.2) is 22.0 Å². The second kappa shape index (κ2) is 6.17. The van der Waals surface area contributed by atoms with Gasteiger partial charge in [-0.2, -0.15) is 18.2 Å². The second-order valence-electron chi connectivity index (χ2n) is 5.16. The van der Waals surface area contributed by atoms with Crippen molar-refractivity contribution in [1.82, 2.24) is 24.3 Å². The lowest BCUT2D eigenvalue weighted by molar-refractivity contribution is -0.121. The molecule has 0 fully saturated rings. The van der Waals surface area contributed by atoms with Crippen LogP contribution in [0.5, 0.6) is 0 Å². The van der Waals surface area contributed by atoms with Crippen molar-refractivity contribution in [1.29, 1.82) is 0 Å². The van der Waals surface area contributed by atoms with Crippen molar-refractivity contribution < 1.29 is 26.0 Å². The number of nitrogens with one attached hydrogen (secondary N) is 1. The van der Waals surface area contributed by atoms with Crippen molar-refractivity contribution in [3.8, 4) is 11.1 Å². The maximum Gasteiger partial charge on any atom is 0.402 e. The van der Waals surface area contributed by atoms with Crippen molar-refractivity contribution in [2.75, 3.05) is 12.3 Å². The highest BCUT2D eigenvalue weighted by Gasteiger charge is 2.30. The van der Waals surface area contributed by atoms with Crippen LogP contribution in [-0.2, 0) is 10.0 Å². The molecular weight excluding hydrogens is 380 g/mol. The van der Waals surface area contributed by atoms with E-state index in [1.54, 1.807) is 0 Å². The minimum absolute atomic E-state index is 0.130. The van der Waals surface area contributed by atoms with Gasteiger partial charge in [0.15, 0.2) is 11.5 Å². The highest BCUT2D eigenvalue weighted by Crippen LogP contribution is 2.24. The normalized spacial score (nSPS) is 12.6. The number of nitrogen functional groups attached to an aromatic ring is 1. The van der Waals surface area contributed by atoms with Crippen LogP contribution in [0.3, 0.4) is 0 Å². The molecule has 0 amide bonds. The van der Waals surface area contributed by atoms with E-state index in [0.29, 0.717) is 0 Å². The molecule has 3 aromatic heterocycles. The average molecular weight is 390 g/mol. The predicted molar refractivity (Wildman–Crippen MR) is 81.8 cm³/mol. The molecule has 0 saturated carbocycles. The Morgan fingerprint density at radius 1 is 1.19 bits per heavy atom. The van der Waals surface area contributed by atoms with Gasteiger partial charge in [-0.3, -0.25) is 4.98 Å². The SMILES string of the molecule is Nc1nc2c(F)cc(-c3cncc(S(=O)(=O)NCC(F)(F)F)c3)cn2n1. The first-order chi connectivity index (χ1) is 12.0. The molecule has 3 N–H and O–H groups in total. The zero-order chi connectivity index (χ0) is 19.1. The zero-order valence-electron chi connectivity index (χ0n) is 12.7. The number of pyridine rings is 2. The Balaban J connectivity index is 1.99. The van der Waals surface area contributed by atoms with Crippen LogP contribution >= 0.6 is 0 Å². The lowest BCUT2D eigenvalue weighted by Crippen LogP contribution is -2.33. The molecule has 138 valence electrons. The monoisotopic (exact) mass is 390 g/mol. The van der Waals surface area contributed by atoms with Gasteiger partial charge in [-0.1, -0.05) is 0 Å². The van der Waals surface area contributed by atoms with Gasteiger partial charge in [0.25, 0.3) is 0 Å². The van der Waals surface area contributed by atoms with Gasteiger partial charge < -0.3 is 5.73 Å². The number of anilines is 1. The van der Waals surface area contributed by atoms with Crippen LogP contribution in [0.4, 0.5) is 23.5 Å². The molecule has 3 aromatic rings. The summed E-state index contributed by atoms with van der Waals surface area (Å²) in [6.45, 7) is -1.72. The molecule has 0 unspecified atom stereocenters. The molecule has 0 bridgehead atoms. The molecule has 13 heteroatoms. The summed E-state index contributed by atoms with van der Waals surface area (Å²) in [4.78, 5) is 6.87. The van der Waals surface area contributed by atoms with E-state index in [-0.39, 0.29) is 22.7 Å². The van der Waals surface area contributed by atoms with Crippen LogP contribution in [-0.4, -0.2) is 40.7 Å². The largest absolute Gasteiger partial charge is 0.402 e. The molecule has 3 heterocycles. The van der Waals surface area contributed by atoms with Crippen molar-refractivity contribution in [2.24, 2.45) is 0 Å². The molecule has 0 spiro atoms. The topological polar surface area (TPSA) is 115 Å². The van der Waals surface area contributed by atoms with Gasteiger partial charge in [0.05, 0.1) is 0 Å². The fraction of sp³-hybridized carbons (Fsp3) is 0.154. The number of sulfonamides is 1. The van der Waals surface area contributed by atoms with E-state index in [1.807, 2.05) is 0 Å². The fourth-order valence-electron chi connectivity index (χ4n) is 2.10. The number of alkyl halides is 3. The predicted octanol–water partition coefficient (Wildman–Crippen LogP) is 1.35. The third-order valence-corrected chi connectivity index (χ3v) is 4.59. The molecule has 8 nitrogen and oxygen atoms in total. The Morgan fingerprint density at radius 3 is 2.62 bits per heavy atom. The van der Waals surface area contributed by atoms with E-state index in [1.165, 1.54) is 17.1 Å². The number of halogens is 4. The summed E-state index contributed by atoms with van der Waals surface area (Å²) in [6.07, 6.45) is -1.27. The first kappa shape index (κ1) is 18.0. The summed E-state index contributed by atoms with van der Waals surface area (Å²) in [6, 6.07) is 2.12. The van der Waals surface area contributed by atoms with Crippen LogP contribution in [0.15, 0.2) is 35.6 Å². The summed E-state index contributed by atoms with van der Waals surface area (Å²) in [7, 11) is -4.45. The van der Waals surface area contributed by atoms with Gasteiger partial charge in [0, 0.05) is 29.7 Å². The third-order valence-electron chi connectivity index (χ3n) is 3.22. The molecule has 26 heavy (non-hydrogen) atoms. The van der Waals surface area contributed by atoms with E-state index >= 15 is 0 Å². The quantitative estimate of drug-likeness (QED) is 0.650. The molecular formula is C13H10F4N6O2S. The molecule has 0 aliphatic carbocycles. The van der Waals surface area contributed by atoms with Crippen LogP contribution in [0.2, 0.25) is 0 Å². The van der Waals surface area contributed by atoms with Crippen LogP contribution < -0.4 is 10.5 Å². The average Bonchev–Trinajstić information content (AvgIpc) is 2.94. The Kier molecular flexibility index (Phi) is 4.28. The van der Waals surface area contributed by atoms with Crippen LogP contribution in [0.1, 0.15) is 0 Å².